The van der Waals surface area contributed by atoms with Crippen LogP contribution in [0.4, 0.5) is 5.69 Å². The summed E-state index contributed by atoms with van der Waals surface area (Å²) in [5.41, 5.74) is 3.08. The number of aliphatic hydroxyl groups excluding tert-OH is 2. The molecule has 3 rings (SSSR count). The monoisotopic (exact) mass is 518 g/mol. The number of carbonyl (C=O) groups excluding carboxylic acids is 2. The van der Waals surface area contributed by atoms with Crippen molar-refractivity contribution in [2.75, 3.05) is 25.6 Å². The van der Waals surface area contributed by atoms with Gasteiger partial charge in [0.15, 0.2) is 0 Å². The molecular weight excluding hydrogens is 491 g/mol. The maximum absolute atomic E-state index is 12.5. The van der Waals surface area contributed by atoms with E-state index in [1.807, 2.05) is 12.1 Å². The smallest absolute Gasteiger partial charge is 0.337 e. The van der Waals surface area contributed by atoms with Crippen molar-refractivity contribution >= 4 is 41.6 Å². The Labute approximate surface area is 215 Å². The van der Waals surface area contributed by atoms with Crippen LogP contribution >= 0.6 is 24.0 Å². The van der Waals surface area contributed by atoms with E-state index in [1.54, 1.807) is 48.5 Å². The van der Waals surface area contributed by atoms with Gasteiger partial charge in [-0.25, -0.2) is 4.79 Å². The quantitative estimate of drug-likeness (QED) is 0.302. The molecule has 0 radical (unpaired) electrons. The second-order valence-electron chi connectivity index (χ2n) is 7.78. The summed E-state index contributed by atoms with van der Waals surface area (Å²) in [7, 11) is 1.30. The van der Waals surface area contributed by atoms with Gasteiger partial charge in [0, 0.05) is 28.9 Å². The van der Waals surface area contributed by atoms with E-state index in [2.05, 4.69) is 15.4 Å². The Kier molecular flexibility index (Phi) is 11.2. The molecule has 0 spiro atoms. The van der Waals surface area contributed by atoms with Gasteiger partial charge in [-0.15, -0.1) is 12.4 Å². The van der Waals surface area contributed by atoms with Gasteiger partial charge in [0.2, 0.25) is 0 Å². The number of ether oxygens (including phenoxy) is 1. The van der Waals surface area contributed by atoms with Gasteiger partial charge in [0.05, 0.1) is 25.4 Å². The maximum atomic E-state index is 12.5. The lowest BCUT2D eigenvalue weighted by molar-refractivity contribution is 0.0600. The molecule has 0 unspecified atom stereocenters. The van der Waals surface area contributed by atoms with Crippen LogP contribution in [0, 0.1) is 0 Å². The van der Waals surface area contributed by atoms with Crippen LogP contribution in [0.1, 0.15) is 37.9 Å². The Hall–Kier alpha value is -2.94. The molecule has 0 bridgehead atoms. The molecule has 0 aromatic heterocycles. The first kappa shape index (κ1) is 28.3. The van der Waals surface area contributed by atoms with Crippen molar-refractivity contribution in [1.29, 1.82) is 0 Å². The van der Waals surface area contributed by atoms with E-state index in [9.17, 15) is 19.8 Å². The van der Waals surface area contributed by atoms with Crippen molar-refractivity contribution < 1.29 is 24.5 Å². The average molecular weight is 519 g/mol. The van der Waals surface area contributed by atoms with Crippen LogP contribution in [0.3, 0.4) is 0 Å². The second kappa shape index (κ2) is 13.8. The zero-order valence-corrected chi connectivity index (χ0v) is 20.7. The summed E-state index contributed by atoms with van der Waals surface area (Å²) in [6, 6.07) is 20.3. The summed E-state index contributed by atoms with van der Waals surface area (Å²) < 4.78 is 4.65. The number of benzene rings is 3. The van der Waals surface area contributed by atoms with Gasteiger partial charge in [-0.2, -0.15) is 0 Å². The van der Waals surface area contributed by atoms with Crippen molar-refractivity contribution in [3.8, 4) is 0 Å². The lowest BCUT2D eigenvalue weighted by atomic mass is 10.0. The molecule has 3 aromatic carbocycles. The Bertz CT molecular complexity index is 1110. The highest BCUT2D eigenvalue weighted by molar-refractivity contribution is 6.30. The molecule has 35 heavy (non-hydrogen) atoms. The molecule has 0 aliphatic rings. The SMILES string of the molecule is COC(=O)c1ccc(C(=O)Nc2ccc(C[C@@H](CO)NC[C@@H](O)c3cccc(Cl)c3)cc2)cc1.Cl. The lowest BCUT2D eigenvalue weighted by Gasteiger charge is -2.19. The molecule has 0 aliphatic heterocycles. The Morgan fingerprint density at radius 1 is 1.00 bits per heavy atom. The van der Waals surface area contributed by atoms with E-state index in [0.29, 0.717) is 33.8 Å². The predicted octanol–water partition coefficient (Wildman–Crippen LogP) is 4.03. The van der Waals surface area contributed by atoms with Gasteiger partial charge in [-0.3, -0.25) is 4.79 Å². The minimum Gasteiger partial charge on any atom is -0.465 e. The molecule has 186 valence electrons. The first-order chi connectivity index (χ1) is 16.4. The number of nitrogens with one attached hydrogen (secondary N) is 2. The summed E-state index contributed by atoms with van der Waals surface area (Å²) in [4.78, 5) is 24.0. The molecule has 1 amide bonds. The minimum absolute atomic E-state index is 0. The highest BCUT2D eigenvalue weighted by Gasteiger charge is 2.14. The Morgan fingerprint density at radius 2 is 1.66 bits per heavy atom. The maximum Gasteiger partial charge on any atom is 0.337 e. The van der Waals surface area contributed by atoms with Crippen molar-refractivity contribution in [2.24, 2.45) is 0 Å². The van der Waals surface area contributed by atoms with Crippen LogP contribution in [0.25, 0.3) is 0 Å². The number of hydrogen-bond donors (Lipinski definition) is 4. The standard InChI is InChI=1S/C26H27ClN2O5.ClH/c1-34-26(33)19-9-7-18(8-10-19)25(32)29-22-11-5-17(6-12-22)13-23(16-30)28-15-24(31)20-3-2-4-21(27)14-20;/h2-12,14,23-24,28,30-31H,13,15-16H2,1H3,(H,29,32);1H/t23-,24+;/m0./s1. The van der Waals surface area contributed by atoms with Gasteiger partial charge < -0.3 is 25.6 Å². The van der Waals surface area contributed by atoms with E-state index in [-0.39, 0.29) is 37.5 Å². The molecule has 0 fully saturated rings. The number of anilines is 1. The van der Waals surface area contributed by atoms with Crippen LogP contribution in [-0.2, 0) is 11.2 Å². The molecule has 3 aromatic rings. The van der Waals surface area contributed by atoms with E-state index < -0.39 is 12.1 Å². The predicted molar refractivity (Wildman–Crippen MR) is 138 cm³/mol. The molecule has 4 N–H and O–H groups in total. The number of esters is 1. The van der Waals surface area contributed by atoms with E-state index in [1.165, 1.54) is 19.2 Å². The normalized spacial score (nSPS) is 12.2. The van der Waals surface area contributed by atoms with Crippen molar-refractivity contribution in [3.05, 3.63) is 100 Å². The third-order valence-electron chi connectivity index (χ3n) is 5.32. The zero-order chi connectivity index (χ0) is 24.5. The van der Waals surface area contributed by atoms with Gasteiger partial charge in [0.25, 0.3) is 5.91 Å². The third kappa shape index (κ3) is 8.35. The highest BCUT2D eigenvalue weighted by Crippen LogP contribution is 2.18. The number of rotatable bonds is 10. The van der Waals surface area contributed by atoms with Crippen LogP contribution < -0.4 is 10.6 Å². The molecule has 0 saturated carbocycles. The average Bonchev–Trinajstić information content (AvgIpc) is 2.86. The van der Waals surface area contributed by atoms with Crippen molar-refractivity contribution in [2.45, 2.75) is 18.6 Å². The first-order valence-electron chi connectivity index (χ1n) is 10.8. The number of halogens is 2. The topological polar surface area (TPSA) is 108 Å². The molecule has 0 heterocycles. The highest BCUT2D eigenvalue weighted by atomic mass is 35.5. The number of amides is 1. The first-order valence-corrected chi connectivity index (χ1v) is 11.1. The zero-order valence-electron chi connectivity index (χ0n) is 19.1. The number of hydrogen-bond acceptors (Lipinski definition) is 6. The molecular formula is C26H28Cl2N2O5. The fraction of sp³-hybridized carbons (Fsp3) is 0.231. The summed E-state index contributed by atoms with van der Waals surface area (Å²) in [6.45, 7) is 0.177. The van der Waals surface area contributed by atoms with Crippen LogP contribution in [0.5, 0.6) is 0 Å². The molecule has 0 saturated heterocycles. The second-order valence-corrected chi connectivity index (χ2v) is 8.22. The third-order valence-corrected chi connectivity index (χ3v) is 5.55. The van der Waals surface area contributed by atoms with Gasteiger partial charge >= 0.3 is 5.97 Å². The summed E-state index contributed by atoms with van der Waals surface area (Å²) in [5, 5.41) is 26.6. The van der Waals surface area contributed by atoms with Crippen molar-refractivity contribution in [1.82, 2.24) is 5.32 Å². The molecule has 2 atom stereocenters. The Morgan fingerprint density at radius 3 is 2.26 bits per heavy atom. The van der Waals surface area contributed by atoms with E-state index in [4.69, 9.17) is 11.6 Å². The van der Waals surface area contributed by atoms with Crippen LogP contribution in [-0.4, -0.2) is 48.4 Å². The number of aliphatic hydroxyl groups is 2. The Balaban J connectivity index is 0.00000432. The van der Waals surface area contributed by atoms with Crippen LogP contribution in [0.2, 0.25) is 5.02 Å². The molecule has 0 aliphatic carbocycles. The van der Waals surface area contributed by atoms with Gasteiger partial charge in [-0.1, -0.05) is 35.9 Å². The van der Waals surface area contributed by atoms with Gasteiger partial charge in [-0.05, 0) is 66.1 Å². The van der Waals surface area contributed by atoms with Gasteiger partial charge in [0.1, 0.15) is 0 Å². The summed E-state index contributed by atoms with van der Waals surface area (Å²) in [5.74, 6) is -0.758. The van der Waals surface area contributed by atoms with Crippen molar-refractivity contribution in [3.63, 3.8) is 0 Å². The van der Waals surface area contributed by atoms with E-state index >= 15 is 0 Å². The van der Waals surface area contributed by atoms with E-state index in [0.717, 1.165) is 5.56 Å². The number of carbonyl (C=O) groups is 2. The summed E-state index contributed by atoms with van der Waals surface area (Å²) >= 11 is 5.97. The largest absolute Gasteiger partial charge is 0.465 e. The summed E-state index contributed by atoms with van der Waals surface area (Å²) in [6.07, 6.45) is -0.200. The number of methoxy groups -OCH3 is 1. The molecule has 9 heteroatoms. The lowest BCUT2D eigenvalue weighted by Crippen LogP contribution is -2.37. The fourth-order valence-electron chi connectivity index (χ4n) is 3.40. The molecule has 7 nitrogen and oxygen atoms in total. The van der Waals surface area contributed by atoms with Crippen LogP contribution in [0.15, 0.2) is 72.8 Å². The fourth-order valence-corrected chi connectivity index (χ4v) is 3.60. The minimum atomic E-state index is -0.743.